The molecule has 1 saturated carbocycles. The first-order valence-electron chi connectivity index (χ1n) is 6.21. The molecule has 0 unspecified atom stereocenters. The standard InChI is InChI=1S/C14H18ClFO2/c1-18-11-4-6-14(17,7-5-11)9-10-2-3-12(15)13(16)8-10/h2-3,8,11,17H,4-7,9H2,1H3. The van der Waals surface area contributed by atoms with Gasteiger partial charge in [-0.25, -0.2) is 4.39 Å². The smallest absolute Gasteiger partial charge is 0.142 e. The Kier molecular flexibility index (Phi) is 4.25. The van der Waals surface area contributed by atoms with E-state index in [9.17, 15) is 9.50 Å². The van der Waals surface area contributed by atoms with Crippen molar-refractivity contribution < 1.29 is 14.2 Å². The highest BCUT2D eigenvalue weighted by molar-refractivity contribution is 6.30. The fourth-order valence-corrected chi connectivity index (χ4v) is 2.69. The van der Waals surface area contributed by atoms with Gasteiger partial charge in [-0.1, -0.05) is 17.7 Å². The molecule has 1 N–H and O–H groups in total. The third kappa shape index (κ3) is 3.22. The minimum absolute atomic E-state index is 0.119. The first kappa shape index (κ1) is 13.8. The molecule has 1 fully saturated rings. The van der Waals surface area contributed by atoms with Crippen LogP contribution in [0.25, 0.3) is 0 Å². The molecule has 2 rings (SSSR count). The summed E-state index contributed by atoms with van der Waals surface area (Å²) >= 11 is 5.64. The predicted octanol–water partition coefficient (Wildman–Crippen LogP) is 3.34. The van der Waals surface area contributed by atoms with Crippen molar-refractivity contribution in [3.8, 4) is 0 Å². The number of methoxy groups -OCH3 is 1. The zero-order chi connectivity index (χ0) is 13.2. The van der Waals surface area contributed by atoms with Crippen molar-refractivity contribution in [3.63, 3.8) is 0 Å². The van der Waals surface area contributed by atoms with Crippen LogP contribution in [0.2, 0.25) is 5.02 Å². The van der Waals surface area contributed by atoms with Crippen molar-refractivity contribution in [2.24, 2.45) is 0 Å². The van der Waals surface area contributed by atoms with Crippen molar-refractivity contribution in [1.29, 1.82) is 0 Å². The van der Waals surface area contributed by atoms with Gasteiger partial charge in [0.15, 0.2) is 0 Å². The summed E-state index contributed by atoms with van der Waals surface area (Å²) in [4.78, 5) is 0. The van der Waals surface area contributed by atoms with E-state index in [4.69, 9.17) is 16.3 Å². The summed E-state index contributed by atoms with van der Waals surface area (Å²) in [5.41, 5.74) is 0.0465. The summed E-state index contributed by atoms with van der Waals surface area (Å²) in [6.07, 6.45) is 3.79. The second-order valence-corrected chi connectivity index (χ2v) is 5.49. The van der Waals surface area contributed by atoms with E-state index in [1.807, 2.05) is 0 Å². The summed E-state index contributed by atoms with van der Waals surface area (Å²) in [5, 5.41) is 10.6. The van der Waals surface area contributed by atoms with Crippen LogP contribution < -0.4 is 0 Å². The number of aliphatic hydroxyl groups is 1. The Balaban J connectivity index is 2.02. The Morgan fingerprint density at radius 3 is 2.67 bits per heavy atom. The summed E-state index contributed by atoms with van der Waals surface area (Å²) in [7, 11) is 1.70. The molecule has 4 heteroatoms. The lowest BCUT2D eigenvalue weighted by Crippen LogP contribution is -2.38. The number of benzene rings is 1. The van der Waals surface area contributed by atoms with Crippen LogP contribution in [0, 0.1) is 5.82 Å². The molecule has 1 aliphatic carbocycles. The Morgan fingerprint density at radius 2 is 2.11 bits per heavy atom. The minimum atomic E-state index is -0.741. The normalized spacial score (nSPS) is 28.3. The molecule has 0 saturated heterocycles. The SMILES string of the molecule is COC1CCC(O)(Cc2ccc(Cl)c(F)c2)CC1. The van der Waals surface area contributed by atoms with Crippen LogP contribution in [0.15, 0.2) is 18.2 Å². The first-order valence-corrected chi connectivity index (χ1v) is 6.59. The number of rotatable bonds is 3. The lowest BCUT2D eigenvalue weighted by molar-refractivity contribution is -0.0427. The van der Waals surface area contributed by atoms with E-state index < -0.39 is 11.4 Å². The quantitative estimate of drug-likeness (QED) is 0.914. The van der Waals surface area contributed by atoms with Gasteiger partial charge in [0.05, 0.1) is 16.7 Å². The number of hydrogen-bond acceptors (Lipinski definition) is 2. The molecule has 0 atom stereocenters. The van der Waals surface area contributed by atoms with Crippen LogP contribution in [0.1, 0.15) is 31.2 Å². The van der Waals surface area contributed by atoms with Crippen LogP contribution in [0.4, 0.5) is 4.39 Å². The summed E-state index contributed by atoms with van der Waals surface area (Å²) in [6.45, 7) is 0. The molecule has 0 spiro atoms. The fraction of sp³-hybridized carbons (Fsp3) is 0.571. The van der Waals surface area contributed by atoms with Crippen LogP contribution in [0.3, 0.4) is 0 Å². The third-order valence-corrected chi connectivity index (χ3v) is 4.02. The van der Waals surface area contributed by atoms with Gasteiger partial charge in [0.25, 0.3) is 0 Å². The van der Waals surface area contributed by atoms with Crippen molar-refractivity contribution >= 4 is 11.6 Å². The van der Waals surface area contributed by atoms with Crippen LogP contribution >= 0.6 is 11.6 Å². The summed E-state index contributed by atoms with van der Waals surface area (Å²) < 4.78 is 18.6. The van der Waals surface area contributed by atoms with E-state index in [2.05, 4.69) is 0 Å². The third-order valence-electron chi connectivity index (χ3n) is 3.71. The molecule has 18 heavy (non-hydrogen) atoms. The molecule has 0 radical (unpaired) electrons. The molecule has 1 aliphatic rings. The zero-order valence-corrected chi connectivity index (χ0v) is 11.2. The topological polar surface area (TPSA) is 29.5 Å². The van der Waals surface area contributed by atoms with E-state index in [0.29, 0.717) is 19.3 Å². The van der Waals surface area contributed by atoms with E-state index in [-0.39, 0.29) is 11.1 Å². The zero-order valence-electron chi connectivity index (χ0n) is 10.5. The Hall–Kier alpha value is -0.640. The van der Waals surface area contributed by atoms with E-state index >= 15 is 0 Å². The molecular weight excluding hydrogens is 255 g/mol. The average Bonchev–Trinajstić information content (AvgIpc) is 2.35. The second kappa shape index (κ2) is 5.55. The number of hydrogen-bond donors (Lipinski definition) is 1. The van der Waals surface area contributed by atoms with Crippen LogP contribution in [-0.2, 0) is 11.2 Å². The van der Waals surface area contributed by atoms with Crippen molar-refractivity contribution in [2.45, 2.75) is 43.8 Å². The lowest BCUT2D eigenvalue weighted by atomic mass is 9.79. The van der Waals surface area contributed by atoms with E-state index in [1.54, 1.807) is 13.2 Å². The largest absolute Gasteiger partial charge is 0.390 e. The van der Waals surface area contributed by atoms with Gasteiger partial charge in [0.1, 0.15) is 5.82 Å². The van der Waals surface area contributed by atoms with E-state index in [1.165, 1.54) is 12.1 Å². The maximum atomic E-state index is 13.3. The van der Waals surface area contributed by atoms with Crippen molar-refractivity contribution in [1.82, 2.24) is 0 Å². The number of ether oxygens (including phenoxy) is 1. The monoisotopic (exact) mass is 272 g/mol. The fourth-order valence-electron chi connectivity index (χ4n) is 2.57. The van der Waals surface area contributed by atoms with Gasteiger partial charge in [-0.05, 0) is 43.4 Å². The minimum Gasteiger partial charge on any atom is -0.390 e. The second-order valence-electron chi connectivity index (χ2n) is 5.08. The molecule has 0 amide bonds. The van der Waals surface area contributed by atoms with E-state index in [0.717, 1.165) is 18.4 Å². The van der Waals surface area contributed by atoms with Crippen molar-refractivity contribution in [2.75, 3.05) is 7.11 Å². The lowest BCUT2D eigenvalue weighted by Gasteiger charge is -2.35. The summed E-state index contributed by atoms with van der Waals surface area (Å²) in [6, 6.07) is 4.71. The Bertz CT molecular complexity index is 414. The van der Waals surface area contributed by atoms with Crippen LogP contribution in [0.5, 0.6) is 0 Å². The highest BCUT2D eigenvalue weighted by Gasteiger charge is 2.33. The van der Waals surface area contributed by atoms with Gasteiger partial charge in [-0.3, -0.25) is 0 Å². The van der Waals surface area contributed by atoms with Gasteiger partial charge in [0, 0.05) is 13.5 Å². The van der Waals surface area contributed by atoms with Crippen LogP contribution in [-0.4, -0.2) is 23.9 Å². The van der Waals surface area contributed by atoms with Gasteiger partial charge >= 0.3 is 0 Å². The molecule has 0 aromatic heterocycles. The maximum Gasteiger partial charge on any atom is 0.142 e. The van der Waals surface area contributed by atoms with Gasteiger partial charge in [0.2, 0.25) is 0 Å². The summed E-state index contributed by atoms with van der Waals surface area (Å²) in [5.74, 6) is -0.427. The molecule has 0 aliphatic heterocycles. The van der Waals surface area contributed by atoms with Gasteiger partial charge in [-0.15, -0.1) is 0 Å². The molecular formula is C14H18ClFO2. The first-order chi connectivity index (χ1) is 8.52. The highest BCUT2D eigenvalue weighted by atomic mass is 35.5. The molecule has 2 nitrogen and oxygen atoms in total. The molecule has 100 valence electrons. The molecule has 0 bridgehead atoms. The highest BCUT2D eigenvalue weighted by Crippen LogP contribution is 2.33. The molecule has 1 aromatic rings. The van der Waals surface area contributed by atoms with Crippen molar-refractivity contribution in [3.05, 3.63) is 34.6 Å². The van der Waals surface area contributed by atoms with Gasteiger partial charge in [-0.2, -0.15) is 0 Å². The molecule has 0 heterocycles. The predicted molar refractivity (Wildman–Crippen MR) is 69.3 cm³/mol. The Morgan fingerprint density at radius 1 is 1.44 bits per heavy atom. The Labute approximate surface area is 112 Å². The van der Waals surface area contributed by atoms with Gasteiger partial charge < -0.3 is 9.84 Å². The number of halogens is 2. The average molecular weight is 273 g/mol. The molecule has 1 aromatic carbocycles. The maximum absolute atomic E-state index is 13.3.